The molecule has 3 aromatic rings. The number of amides is 2. The predicted molar refractivity (Wildman–Crippen MR) is 118 cm³/mol. The summed E-state index contributed by atoms with van der Waals surface area (Å²) < 4.78 is 6.31. The van der Waals surface area contributed by atoms with E-state index in [-0.39, 0.29) is 17.6 Å². The standard InChI is InChI=1S/C22H21ClN4O4/c1-31-21(29)14-2-5-16(6-3-14)25-22(30)26-10-8-17(9-11-26)27-13-24-19-7-4-15(23)12-18(19)20(27)28/h2-7,12-13,17H,8-11H2,1H3,(H,25,30). The molecule has 2 aromatic carbocycles. The van der Waals surface area contributed by atoms with Crippen LogP contribution in [0.15, 0.2) is 53.6 Å². The van der Waals surface area contributed by atoms with Crippen LogP contribution < -0.4 is 10.9 Å². The number of halogens is 1. The van der Waals surface area contributed by atoms with Gasteiger partial charge in [-0.15, -0.1) is 0 Å². The van der Waals surface area contributed by atoms with E-state index in [0.29, 0.717) is 53.1 Å². The van der Waals surface area contributed by atoms with Crippen LogP contribution in [-0.2, 0) is 4.74 Å². The SMILES string of the molecule is COC(=O)c1ccc(NC(=O)N2CCC(n3cnc4ccc(Cl)cc4c3=O)CC2)cc1. The number of rotatable bonds is 3. The molecule has 1 aliphatic rings. The second kappa shape index (κ2) is 8.77. The fourth-order valence-corrected chi connectivity index (χ4v) is 3.90. The van der Waals surface area contributed by atoms with Crippen LogP contribution in [0.4, 0.5) is 10.5 Å². The Labute approximate surface area is 183 Å². The predicted octanol–water partition coefficient (Wildman–Crippen LogP) is 3.71. The number of nitrogens with one attached hydrogen (secondary N) is 1. The Morgan fingerprint density at radius 3 is 2.52 bits per heavy atom. The normalized spacial score (nSPS) is 14.5. The summed E-state index contributed by atoms with van der Waals surface area (Å²) in [4.78, 5) is 43.0. The molecule has 9 heteroatoms. The molecule has 0 atom stereocenters. The molecule has 160 valence electrons. The lowest BCUT2D eigenvalue weighted by Crippen LogP contribution is -2.42. The van der Waals surface area contributed by atoms with Crippen LogP contribution in [-0.4, -0.2) is 46.7 Å². The molecule has 0 bridgehead atoms. The third kappa shape index (κ3) is 4.39. The minimum absolute atomic E-state index is 0.0354. The molecule has 1 aliphatic heterocycles. The minimum atomic E-state index is -0.430. The first-order valence-corrected chi connectivity index (χ1v) is 10.2. The van der Waals surface area contributed by atoms with E-state index in [0.717, 1.165) is 0 Å². The van der Waals surface area contributed by atoms with Gasteiger partial charge in [0, 0.05) is 29.8 Å². The Kier molecular flexibility index (Phi) is 5.90. The average Bonchev–Trinajstić information content (AvgIpc) is 2.80. The number of piperidine rings is 1. The van der Waals surface area contributed by atoms with E-state index in [2.05, 4.69) is 15.0 Å². The van der Waals surface area contributed by atoms with Gasteiger partial charge in [-0.3, -0.25) is 9.36 Å². The Hall–Kier alpha value is -3.39. The van der Waals surface area contributed by atoms with Gasteiger partial charge in [-0.05, 0) is 55.3 Å². The van der Waals surface area contributed by atoms with Gasteiger partial charge >= 0.3 is 12.0 Å². The number of likely N-dealkylation sites (tertiary alicyclic amines) is 1. The zero-order valence-corrected chi connectivity index (χ0v) is 17.6. The molecular formula is C22H21ClN4O4. The molecule has 0 aliphatic carbocycles. The third-order valence-electron chi connectivity index (χ3n) is 5.45. The van der Waals surface area contributed by atoms with Gasteiger partial charge in [0.2, 0.25) is 0 Å². The lowest BCUT2D eigenvalue weighted by atomic mass is 10.0. The van der Waals surface area contributed by atoms with Crippen molar-refractivity contribution in [1.82, 2.24) is 14.5 Å². The number of aromatic nitrogens is 2. The molecule has 0 unspecified atom stereocenters. The quantitative estimate of drug-likeness (QED) is 0.626. The number of ether oxygens (including phenoxy) is 1. The Morgan fingerprint density at radius 1 is 1.13 bits per heavy atom. The molecule has 0 saturated carbocycles. The fraction of sp³-hybridized carbons (Fsp3) is 0.273. The largest absolute Gasteiger partial charge is 0.465 e. The third-order valence-corrected chi connectivity index (χ3v) is 5.68. The molecule has 1 fully saturated rings. The van der Waals surface area contributed by atoms with E-state index < -0.39 is 5.97 Å². The number of benzene rings is 2. The number of fused-ring (bicyclic) bond motifs is 1. The van der Waals surface area contributed by atoms with Gasteiger partial charge in [0.25, 0.3) is 5.56 Å². The van der Waals surface area contributed by atoms with Gasteiger partial charge in [-0.2, -0.15) is 0 Å². The highest BCUT2D eigenvalue weighted by Crippen LogP contribution is 2.23. The second-order valence-electron chi connectivity index (χ2n) is 7.34. The van der Waals surface area contributed by atoms with Crippen molar-refractivity contribution < 1.29 is 14.3 Å². The van der Waals surface area contributed by atoms with Crippen LogP contribution >= 0.6 is 11.6 Å². The molecule has 0 spiro atoms. The lowest BCUT2D eigenvalue weighted by molar-refractivity contribution is 0.0600. The van der Waals surface area contributed by atoms with E-state index in [9.17, 15) is 14.4 Å². The van der Waals surface area contributed by atoms with Gasteiger partial charge in [0.15, 0.2) is 0 Å². The number of methoxy groups -OCH3 is 1. The average molecular weight is 441 g/mol. The van der Waals surface area contributed by atoms with E-state index in [4.69, 9.17) is 11.6 Å². The molecule has 1 saturated heterocycles. The van der Waals surface area contributed by atoms with E-state index >= 15 is 0 Å². The summed E-state index contributed by atoms with van der Waals surface area (Å²) in [7, 11) is 1.32. The molecule has 0 radical (unpaired) electrons. The maximum absolute atomic E-state index is 12.9. The van der Waals surface area contributed by atoms with Crippen LogP contribution in [0.5, 0.6) is 0 Å². The van der Waals surface area contributed by atoms with Crippen LogP contribution in [0.1, 0.15) is 29.2 Å². The minimum Gasteiger partial charge on any atom is -0.465 e. The summed E-state index contributed by atoms with van der Waals surface area (Å²) >= 11 is 6.03. The van der Waals surface area contributed by atoms with Crippen LogP contribution in [0, 0.1) is 0 Å². The molecule has 1 N–H and O–H groups in total. The number of carbonyl (C=O) groups is 2. The smallest absolute Gasteiger partial charge is 0.337 e. The monoisotopic (exact) mass is 440 g/mol. The molecule has 2 heterocycles. The van der Waals surface area contributed by atoms with E-state index in [1.54, 1.807) is 58.3 Å². The first-order chi connectivity index (χ1) is 15.0. The van der Waals surface area contributed by atoms with Crippen molar-refractivity contribution >= 4 is 40.2 Å². The van der Waals surface area contributed by atoms with E-state index in [1.165, 1.54) is 7.11 Å². The van der Waals surface area contributed by atoms with E-state index in [1.807, 2.05) is 0 Å². The van der Waals surface area contributed by atoms with Crippen molar-refractivity contribution in [1.29, 1.82) is 0 Å². The summed E-state index contributed by atoms with van der Waals surface area (Å²) in [6.07, 6.45) is 2.85. The Bertz CT molecular complexity index is 1180. The summed E-state index contributed by atoms with van der Waals surface area (Å²) in [6, 6.07) is 11.3. The maximum Gasteiger partial charge on any atom is 0.337 e. The molecule has 8 nitrogen and oxygen atoms in total. The van der Waals surface area contributed by atoms with Gasteiger partial charge in [-0.25, -0.2) is 14.6 Å². The van der Waals surface area contributed by atoms with Gasteiger partial charge in [0.05, 0.1) is 29.9 Å². The number of hydrogen-bond donors (Lipinski definition) is 1. The topological polar surface area (TPSA) is 93.5 Å². The maximum atomic E-state index is 12.9. The Balaban J connectivity index is 1.40. The van der Waals surface area contributed by atoms with Gasteiger partial charge < -0.3 is 15.0 Å². The second-order valence-corrected chi connectivity index (χ2v) is 7.77. The number of hydrogen-bond acceptors (Lipinski definition) is 5. The first kappa shape index (κ1) is 20.9. The molecular weight excluding hydrogens is 420 g/mol. The van der Waals surface area contributed by atoms with Crippen LogP contribution in [0.25, 0.3) is 10.9 Å². The molecule has 31 heavy (non-hydrogen) atoms. The summed E-state index contributed by atoms with van der Waals surface area (Å²) in [6.45, 7) is 1.02. The van der Waals surface area contributed by atoms with Crippen molar-refractivity contribution in [3.63, 3.8) is 0 Å². The lowest BCUT2D eigenvalue weighted by Gasteiger charge is -2.32. The first-order valence-electron chi connectivity index (χ1n) is 9.87. The van der Waals surface area contributed by atoms with Crippen molar-refractivity contribution in [2.24, 2.45) is 0 Å². The highest BCUT2D eigenvalue weighted by Gasteiger charge is 2.25. The number of carbonyl (C=O) groups excluding carboxylic acids is 2. The summed E-state index contributed by atoms with van der Waals surface area (Å²) in [5.74, 6) is -0.430. The van der Waals surface area contributed by atoms with Crippen molar-refractivity contribution in [2.75, 3.05) is 25.5 Å². The summed E-state index contributed by atoms with van der Waals surface area (Å²) in [5, 5.41) is 3.82. The Morgan fingerprint density at radius 2 is 1.84 bits per heavy atom. The highest BCUT2D eigenvalue weighted by molar-refractivity contribution is 6.31. The number of nitrogens with zero attached hydrogens (tertiary/aromatic N) is 3. The molecule has 1 aromatic heterocycles. The van der Waals surface area contributed by atoms with Crippen LogP contribution in [0.3, 0.4) is 0 Å². The zero-order chi connectivity index (χ0) is 22.0. The molecule has 2 amide bonds. The summed E-state index contributed by atoms with van der Waals surface area (Å²) in [5.41, 5.74) is 1.49. The number of urea groups is 1. The van der Waals surface area contributed by atoms with Crippen molar-refractivity contribution in [3.05, 3.63) is 69.7 Å². The van der Waals surface area contributed by atoms with Gasteiger partial charge in [0.1, 0.15) is 0 Å². The highest BCUT2D eigenvalue weighted by atomic mass is 35.5. The zero-order valence-electron chi connectivity index (χ0n) is 16.9. The van der Waals surface area contributed by atoms with Crippen molar-refractivity contribution in [3.8, 4) is 0 Å². The number of esters is 1. The van der Waals surface area contributed by atoms with Gasteiger partial charge in [-0.1, -0.05) is 11.6 Å². The van der Waals surface area contributed by atoms with Crippen LogP contribution in [0.2, 0.25) is 5.02 Å². The fourth-order valence-electron chi connectivity index (χ4n) is 3.73. The van der Waals surface area contributed by atoms with Crippen molar-refractivity contribution in [2.45, 2.75) is 18.9 Å². The number of anilines is 1. The molecule has 4 rings (SSSR count).